The molecule has 1 N–H and O–H groups in total. The largest absolute Gasteiger partial charge is 0.465 e. The number of esters is 1. The quantitative estimate of drug-likeness (QED) is 0.467. The summed E-state index contributed by atoms with van der Waals surface area (Å²) < 4.78 is 10.7. The first-order chi connectivity index (χ1) is 16.5. The van der Waals surface area contributed by atoms with Gasteiger partial charge in [0.15, 0.2) is 6.04 Å². The molecule has 2 aromatic heterocycles. The van der Waals surface area contributed by atoms with E-state index in [-0.39, 0.29) is 24.3 Å². The minimum absolute atomic E-state index is 0.0710. The molecule has 0 spiro atoms. The molecule has 2 heterocycles. The van der Waals surface area contributed by atoms with Crippen molar-refractivity contribution in [2.75, 3.05) is 12.0 Å². The Morgan fingerprint density at radius 2 is 1.94 bits per heavy atom. The molecule has 8 heteroatoms. The molecule has 0 unspecified atom stereocenters. The number of methoxy groups -OCH3 is 1. The molecule has 1 aliphatic carbocycles. The van der Waals surface area contributed by atoms with E-state index in [2.05, 4.69) is 5.32 Å². The van der Waals surface area contributed by atoms with Gasteiger partial charge < -0.3 is 14.5 Å². The SMILES string of the molecule is COC(=O)c1cccc(N(C(=O)Cc2cccs2)[C@@H](C(=O)NC2CCCC2)c2ccc(C)o2)c1. The van der Waals surface area contributed by atoms with E-state index in [4.69, 9.17) is 9.15 Å². The van der Waals surface area contributed by atoms with Crippen molar-refractivity contribution in [2.24, 2.45) is 0 Å². The van der Waals surface area contributed by atoms with Crippen LogP contribution in [0.3, 0.4) is 0 Å². The fraction of sp³-hybridized carbons (Fsp3) is 0.346. The maximum absolute atomic E-state index is 13.7. The van der Waals surface area contributed by atoms with Crippen LogP contribution in [-0.4, -0.2) is 30.9 Å². The van der Waals surface area contributed by atoms with Crippen LogP contribution >= 0.6 is 11.3 Å². The molecular formula is C26H28N2O5S. The van der Waals surface area contributed by atoms with Gasteiger partial charge in [-0.2, -0.15) is 0 Å². The number of aryl methyl sites for hydroxylation is 1. The summed E-state index contributed by atoms with van der Waals surface area (Å²) in [6.07, 6.45) is 4.08. The van der Waals surface area contributed by atoms with Crippen LogP contribution in [0.2, 0.25) is 0 Å². The van der Waals surface area contributed by atoms with Gasteiger partial charge in [-0.25, -0.2) is 4.79 Å². The number of nitrogens with one attached hydrogen (secondary N) is 1. The van der Waals surface area contributed by atoms with Gasteiger partial charge in [-0.3, -0.25) is 14.5 Å². The second-order valence-electron chi connectivity index (χ2n) is 8.40. The van der Waals surface area contributed by atoms with Crippen molar-refractivity contribution in [2.45, 2.75) is 51.1 Å². The second kappa shape index (κ2) is 10.7. The Hall–Kier alpha value is -3.39. The first-order valence-electron chi connectivity index (χ1n) is 11.4. The summed E-state index contributed by atoms with van der Waals surface area (Å²) in [5, 5.41) is 5.03. The molecule has 3 aromatic rings. The molecule has 4 rings (SSSR count). The van der Waals surface area contributed by atoms with Crippen molar-refractivity contribution in [3.63, 3.8) is 0 Å². The lowest BCUT2D eigenvalue weighted by atomic mass is 10.1. The van der Waals surface area contributed by atoms with Crippen molar-refractivity contribution < 1.29 is 23.5 Å². The summed E-state index contributed by atoms with van der Waals surface area (Å²) in [6.45, 7) is 1.80. The Balaban J connectivity index is 1.77. The van der Waals surface area contributed by atoms with E-state index in [1.54, 1.807) is 43.3 Å². The van der Waals surface area contributed by atoms with Gasteiger partial charge in [-0.15, -0.1) is 11.3 Å². The summed E-state index contributed by atoms with van der Waals surface area (Å²) in [4.78, 5) is 41.9. The van der Waals surface area contributed by atoms with Crippen LogP contribution in [0.5, 0.6) is 0 Å². The van der Waals surface area contributed by atoms with Gasteiger partial charge in [-0.05, 0) is 61.5 Å². The zero-order chi connectivity index (χ0) is 24.1. The summed E-state index contributed by atoms with van der Waals surface area (Å²) in [5.41, 5.74) is 0.713. The smallest absolute Gasteiger partial charge is 0.337 e. The number of nitrogens with zero attached hydrogens (tertiary/aromatic N) is 1. The summed E-state index contributed by atoms with van der Waals surface area (Å²) in [5.74, 6) is -0.0821. The van der Waals surface area contributed by atoms with Crippen LogP contribution in [0.1, 0.15) is 58.5 Å². The van der Waals surface area contributed by atoms with Crippen LogP contribution in [0.25, 0.3) is 0 Å². The molecular weight excluding hydrogens is 452 g/mol. The summed E-state index contributed by atoms with van der Waals surface area (Å²) in [7, 11) is 1.30. The Kier molecular flexibility index (Phi) is 7.47. The number of anilines is 1. The van der Waals surface area contributed by atoms with Gasteiger partial charge in [0.05, 0.1) is 19.1 Å². The topological polar surface area (TPSA) is 88.8 Å². The van der Waals surface area contributed by atoms with Gasteiger partial charge >= 0.3 is 5.97 Å². The van der Waals surface area contributed by atoms with Crippen LogP contribution in [0.15, 0.2) is 58.3 Å². The van der Waals surface area contributed by atoms with Crippen molar-refractivity contribution in [3.05, 3.63) is 75.9 Å². The van der Waals surface area contributed by atoms with Gasteiger partial charge in [-0.1, -0.05) is 25.0 Å². The first-order valence-corrected chi connectivity index (χ1v) is 12.2. The van der Waals surface area contributed by atoms with E-state index in [1.807, 2.05) is 17.5 Å². The number of amides is 2. The highest BCUT2D eigenvalue weighted by Crippen LogP contribution is 2.32. The average molecular weight is 481 g/mol. The van der Waals surface area contributed by atoms with E-state index in [0.717, 1.165) is 30.6 Å². The standard InChI is InChI=1S/C26H28N2O5S/c1-17-12-13-22(33-17)24(25(30)27-19-8-3-4-9-19)28(23(29)16-21-11-6-14-34-21)20-10-5-7-18(15-20)26(31)32-2/h5-7,10-15,19,24H,3-4,8-9,16H2,1-2H3,(H,27,30)/t24-/m1/s1. The third-order valence-corrected chi connectivity index (χ3v) is 6.83. The lowest BCUT2D eigenvalue weighted by Crippen LogP contribution is -2.46. The van der Waals surface area contributed by atoms with Gasteiger partial charge in [0.25, 0.3) is 5.91 Å². The van der Waals surface area contributed by atoms with Crippen LogP contribution in [0, 0.1) is 6.92 Å². The van der Waals surface area contributed by atoms with Crippen molar-refractivity contribution in [1.29, 1.82) is 0 Å². The molecule has 7 nitrogen and oxygen atoms in total. The number of thiophene rings is 1. The number of carbonyl (C=O) groups excluding carboxylic acids is 3. The summed E-state index contributed by atoms with van der Waals surface area (Å²) in [6, 6.07) is 12.9. The van der Waals surface area contributed by atoms with Crippen molar-refractivity contribution in [1.82, 2.24) is 5.32 Å². The fourth-order valence-corrected chi connectivity index (χ4v) is 5.01. The number of hydrogen-bond acceptors (Lipinski definition) is 6. The lowest BCUT2D eigenvalue weighted by molar-refractivity contribution is -0.127. The molecule has 1 fully saturated rings. The van der Waals surface area contributed by atoms with Gasteiger partial charge in [0, 0.05) is 16.6 Å². The Morgan fingerprint density at radius 1 is 1.15 bits per heavy atom. The number of ether oxygens (including phenoxy) is 1. The molecule has 178 valence electrons. The molecule has 1 saturated carbocycles. The predicted octanol–water partition coefficient (Wildman–Crippen LogP) is 4.81. The normalized spacial score (nSPS) is 14.5. The van der Waals surface area contributed by atoms with Crippen LogP contribution < -0.4 is 10.2 Å². The second-order valence-corrected chi connectivity index (χ2v) is 9.43. The minimum Gasteiger partial charge on any atom is -0.465 e. The van der Waals surface area contributed by atoms with E-state index in [0.29, 0.717) is 22.8 Å². The molecule has 0 aliphatic heterocycles. The van der Waals surface area contributed by atoms with Crippen molar-refractivity contribution >= 4 is 34.8 Å². The molecule has 2 amide bonds. The average Bonchev–Trinajstić information content (AvgIpc) is 3.61. The fourth-order valence-electron chi connectivity index (χ4n) is 4.31. The summed E-state index contributed by atoms with van der Waals surface area (Å²) >= 11 is 1.48. The molecule has 0 radical (unpaired) electrons. The monoisotopic (exact) mass is 480 g/mol. The third kappa shape index (κ3) is 5.39. The number of benzene rings is 1. The maximum Gasteiger partial charge on any atom is 0.337 e. The molecule has 1 aromatic carbocycles. The minimum atomic E-state index is -1.02. The van der Waals surface area contributed by atoms with Crippen molar-refractivity contribution in [3.8, 4) is 0 Å². The highest BCUT2D eigenvalue weighted by atomic mass is 32.1. The molecule has 1 aliphatic rings. The zero-order valence-electron chi connectivity index (χ0n) is 19.3. The maximum atomic E-state index is 13.7. The molecule has 1 atom stereocenters. The zero-order valence-corrected chi connectivity index (χ0v) is 20.1. The third-order valence-electron chi connectivity index (χ3n) is 5.96. The number of hydrogen-bond donors (Lipinski definition) is 1. The first kappa shape index (κ1) is 23.8. The predicted molar refractivity (Wildman–Crippen MR) is 130 cm³/mol. The Labute approximate surface area is 202 Å². The van der Waals surface area contributed by atoms with Gasteiger partial charge in [0.2, 0.25) is 5.91 Å². The number of rotatable bonds is 8. The Morgan fingerprint density at radius 3 is 2.59 bits per heavy atom. The van der Waals surface area contributed by atoms with Gasteiger partial charge in [0.1, 0.15) is 11.5 Å². The van der Waals surface area contributed by atoms with Crippen LogP contribution in [-0.2, 0) is 20.7 Å². The van der Waals surface area contributed by atoms with Crippen LogP contribution in [0.4, 0.5) is 5.69 Å². The highest BCUT2D eigenvalue weighted by molar-refractivity contribution is 7.10. The highest BCUT2D eigenvalue weighted by Gasteiger charge is 2.36. The Bertz CT molecular complexity index is 1150. The van der Waals surface area contributed by atoms with E-state index >= 15 is 0 Å². The van der Waals surface area contributed by atoms with E-state index in [9.17, 15) is 14.4 Å². The van der Waals surface area contributed by atoms with E-state index in [1.165, 1.54) is 23.3 Å². The molecule has 0 bridgehead atoms. The van der Waals surface area contributed by atoms with E-state index < -0.39 is 12.0 Å². The molecule has 0 saturated heterocycles. The molecule has 34 heavy (non-hydrogen) atoms. The number of carbonyl (C=O) groups is 3. The lowest BCUT2D eigenvalue weighted by Gasteiger charge is -2.31. The number of furan rings is 1.